The minimum atomic E-state index is -0.899. The van der Waals surface area contributed by atoms with Crippen LogP contribution in [0.5, 0.6) is 5.75 Å². The average Bonchev–Trinajstić information content (AvgIpc) is 2.55. The molecule has 0 N–H and O–H groups in total. The molecule has 2 rings (SSSR count). The third kappa shape index (κ3) is 4.00. The van der Waals surface area contributed by atoms with Crippen LogP contribution in [0.15, 0.2) is 42.5 Å². The van der Waals surface area contributed by atoms with Crippen LogP contribution in [0, 0.1) is 0 Å². The Hall–Kier alpha value is -2.04. The van der Waals surface area contributed by atoms with Crippen molar-refractivity contribution in [1.29, 1.82) is 0 Å². The van der Waals surface area contributed by atoms with E-state index in [1.165, 1.54) is 12.1 Å². The Morgan fingerprint density at radius 1 is 1.00 bits per heavy atom. The van der Waals surface area contributed by atoms with Gasteiger partial charge in [-0.05, 0) is 42.0 Å². The number of methoxy groups -OCH3 is 1. The van der Waals surface area contributed by atoms with Gasteiger partial charge in [0.15, 0.2) is 0 Å². The van der Waals surface area contributed by atoms with Gasteiger partial charge in [0, 0.05) is 5.56 Å². The summed E-state index contributed by atoms with van der Waals surface area (Å²) >= 11 is 11.8. The van der Waals surface area contributed by atoms with Crippen LogP contribution in [0.25, 0.3) is 0 Å². The molecule has 0 fully saturated rings. The second kappa shape index (κ2) is 7.29. The highest BCUT2D eigenvalue weighted by Crippen LogP contribution is 2.23. The monoisotopic (exact) mass is 338 g/mol. The van der Waals surface area contributed by atoms with E-state index in [0.29, 0.717) is 22.4 Å². The summed E-state index contributed by atoms with van der Waals surface area (Å²) in [5, 5.41) is 0.942. The molecular weight excluding hydrogens is 327 g/mol. The van der Waals surface area contributed by atoms with Crippen molar-refractivity contribution in [3.63, 3.8) is 0 Å². The van der Waals surface area contributed by atoms with Gasteiger partial charge in [0.1, 0.15) is 12.4 Å². The van der Waals surface area contributed by atoms with E-state index in [4.69, 9.17) is 27.9 Å². The van der Waals surface area contributed by atoms with E-state index in [2.05, 4.69) is 4.74 Å². The first-order valence-electron chi connectivity index (χ1n) is 6.30. The predicted molar refractivity (Wildman–Crippen MR) is 83.6 cm³/mol. The second-order valence-electron chi connectivity index (χ2n) is 4.38. The van der Waals surface area contributed by atoms with Gasteiger partial charge in [0.05, 0.1) is 17.2 Å². The van der Waals surface area contributed by atoms with Crippen LogP contribution in [-0.2, 0) is 16.1 Å². The maximum Gasteiger partial charge on any atom is 0.379 e. The molecule has 2 aromatic rings. The van der Waals surface area contributed by atoms with E-state index in [9.17, 15) is 9.59 Å². The second-order valence-corrected chi connectivity index (χ2v) is 5.20. The smallest absolute Gasteiger partial charge is 0.379 e. The third-order valence-corrected chi connectivity index (χ3v) is 3.62. The first-order valence-corrected chi connectivity index (χ1v) is 7.06. The molecular formula is C16H12Cl2O4. The van der Waals surface area contributed by atoms with Crippen molar-refractivity contribution in [3.8, 4) is 5.75 Å². The third-order valence-electron chi connectivity index (χ3n) is 2.88. The van der Waals surface area contributed by atoms with Gasteiger partial charge in [-0.15, -0.1) is 0 Å². The number of halogens is 2. The summed E-state index contributed by atoms with van der Waals surface area (Å²) in [6.07, 6.45) is 0. The van der Waals surface area contributed by atoms with E-state index in [0.717, 1.165) is 12.7 Å². The van der Waals surface area contributed by atoms with Crippen molar-refractivity contribution in [2.45, 2.75) is 6.61 Å². The van der Waals surface area contributed by atoms with E-state index in [1.807, 2.05) is 6.07 Å². The summed E-state index contributed by atoms with van der Waals surface area (Å²) in [6.45, 7) is 0.307. The maximum absolute atomic E-state index is 11.6. The molecule has 0 radical (unpaired) electrons. The summed E-state index contributed by atoms with van der Waals surface area (Å²) in [6, 6.07) is 11.4. The Kier molecular flexibility index (Phi) is 5.41. The zero-order valence-corrected chi connectivity index (χ0v) is 13.1. The lowest BCUT2D eigenvalue weighted by Gasteiger charge is -2.07. The highest BCUT2D eigenvalue weighted by molar-refractivity contribution is 6.42. The van der Waals surface area contributed by atoms with Crippen molar-refractivity contribution in [2.75, 3.05) is 7.11 Å². The fraction of sp³-hybridized carbons (Fsp3) is 0.125. The van der Waals surface area contributed by atoms with Crippen molar-refractivity contribution in [3.05, 3.63) is 63.6 Å². The Labute approximate surface area is 137 Å². The summed E-state index contributed by atoms with van der Waals surface area (Å²) in [5.41, 5.74) is 1.11. The molecule has 0 aliphatic carbocycles. The lowest BCUT2D eigenvalue weighted by molar-refractivity contribution is -0.135. The molecule has 0 heterocycles. The lowest BCUT2D eigenvalue weighted by Crippen LogP contribution is -2.15. The minimum Gasteiger partial charge on any atom is -0.489 e. The number of ketones is 1. The largest absolute Gasteiger partial charge is 0.489 e. The molecule has 0 amide bonds. The van der Waals surface area contributed by atoms with E-state index in [1.54, 1.807) is 24.3 Å². The number of hydrogen-bond acceptors (Lipinski definition) is 4. The number of Topliss-reactive ketones (excluding diaryl/α,β-unsaturated/α-hetero) is 1. The maximum atomic E-state index is 11.6. The first kappa shape index (κ1) is 16.3. The van der Waals surface area contributed by atoms with Crippen LogP contribution in [0.4, 0.5) is 0 Å². The van der Waals surface area contributed by atoms with Gasteiger partial charge in [0.2, 0.25) is 0 Å². The molecule has 22 heavy (non-hydrogen) atoms. The van der Waals surface area contributed by atoms with Crippen molar-refractivity contribution in [1.82, 2.24) is 0 Å². The standard InChI is InChI=1S/C16H12Cl2O4/c1-21-16(20)15(19)11-3-5-12(6-4-11)22-9-10-2-7-13(17)14(18)8-10/h2-8H,9H2,1H3. The summed E-state index contributed by atoms with van der Waals surface area (Å²) in [4.78, 5) is 22.7. The van der Waals surface area contributed by atoms with Gasteiger partial charge in [0.25, 0.3) is 5.78 Å². The molecule has 0 aliphatic rings. The molecule has 114 valence electrons. The molecule has 0 saturated heterocycles. The lowest BCUT2D eigenvalue weighted by atomic mass is 10.1. The number of hydrogen-bond donors (Lipinski definition) is 0. The highest BCUT2D eigenvalue weighted by Gasteiger charge is 2.16. The number of esters is 1. The summed E-state index contributed by atoms with van der Waals surface area (Å²) < 4.78 is 9.96. The Morgan fingerprint density at radius 3 is 2.27 bits per heavy atom. The van der Waals surface area contributed by atoms with Gasteiger partial charge in [-0.1, -0.05) is 29.3 Å². The Balaban J connectivity index is 2.01. The fourth-order valence-electron chi connectivity index (χ4n) is 1.71. The molecule has 0 spiro atoms. The van der Waals surface area contributed by atoms with Crippen molar-refractivity contribution < 1.29 is 19.1 Å². The van der Waals surface area contributed by atoms with Gasteiger partial charge >= 0.3 is 5.97 Å². The normalized spacial score (nSPS) is 10.1. The van der Waals surface area contributed by atoms with Gasteiger partial charge in [-0.3, -0.25) is 4.79 Å². The van der Waals surface area contributed by atoms with Gasteiger partial charge in [-0.2, -0.15) is 0 Å². The van der Waals surface area contributed by atoms with Crippen LogP contribution < -0.4 is 4.74 Å². The average molecular weight is 339 g/mol. The van der Waals surface area contributed by atoms with Crippen molar-refractivity contribution in [2.24, 2.45) is 0 Å². The fourth-order valence-corrected chi connectivity index (χ4v) is 2.03. The van der Waals surface area contributed by atoms with Crippen molar-refractivity contribution >= 4 is 35.0 Å². The molecule has 0 bridgehead atoms. The molecule has 4 nitrogen and oxygen atoms in total. The van der Waals surface area contributed by atoms with Crippen LogP contribution in [0.3, 0.4) is 0 Å². The number of rotatable bonds is 5. The summed E-state index contributed by atoms with van der Waals surface area (Å²) in [5.74, 6) is -1.03. The quantitative estimate of drug-likeness (QED) is 0.471. The van der Waals surface area contributed by atoms with Crippen LogP contribution in [0.1, 0.15) is 15.9 Å². The molecule has 2 aromatic carbocycles. The van der Waals surface area contributed by atoms with Crippen LogP contribution in [0.2, 0.25) is 10.0 Å². The van der Waals surface area contributed by atoms with Gasteiger partial charge < -0.3 is 9.47 Å². The Bertz CT molecular complexity index is 696. The zero-order valence-electron chi connectivity index (χ0n) is 11.6. The topological polar surface area (TPSA) is 52.6 Å². The molecule has 0 aromatic heterocycles. The zero-order chi connectivity index (χ0) is 16.1. The predicted octanol–water partition coefficient (Wildman–Crippen LogP) is 3.93. The van der Waals surface area contributed by atoms with Crippen LogP contribution in [-0.4, -0.2) is 18.9 Å². The number of ether oxygens (including phenoxy) is 2. The minimum absolute atomic E-state index is 0.244. The molecule has 0 aliphatic heterocycles. The Morgan fingerprint density at radius 2 is 1.68 bits per heavy atom. The molecule has 0 unspecified atom stereocenters. The molecule has 0 atom stereocenters. The number of carbonyl (C=O) groups is 2. The van der Waals surface area contributed by atoms with E-state index in [-0.39, 0.29) is 5.56 Å². The van der Waals surface area contributed by atoms with Gasteiger partial charge in [-0.25, -0.2) is 4.79 Å². The van der Waals surface area contributed by atoms with E-state index < -0.39 is 11.8 Å². The molecule has 6 heteroatoms. The number of carbonyl (C=O) groups excluding carboxylic acids is 2. The first-order chi connectivity index (χ1) is 10.5. The highest BCUT2D eigenvalue weighted by atomic mass is 35.5. The number of benzene rings is 2. The molecule has 0 saturated carbocycles. The SMILES string of the molecule is COC(=O)C(=O)c1ccc(OCc2ccc(Cl)c(Cl)c2)cc1. The summed E-state index contributed by atoms with van der Waals surface area (Å²) in [7, 11) is 1.16. The van der Waals surface area contributed by atoms with E-state index >= 15 is 0 Å². The van der Waals surface area contributed by atoms with Crippen LogP contribution >= 0.6 is 23.2 Å².